The molecule has 1 aliphatic rings. The van der Waals surface area contributed by atoms with Gasteiger partial charge in [0.25, 0.3) is 0 Å². The van der Waals surface area contributed by atoms with Crippen molar-refractivity contribution in [1.82, 2.24) is 4.90 Å². The summed E-state index contributed by atoms with van der Waals surface area (Å²) in [6, 6.07) is 18.8. The van der Waals surface area contributed by atoms with Crippen molar-refractivity contribution in [2.45, 2.75) is 37.8 Å². The SMILES string of the molecule is CN1CCCCC1CC(Oc1cccc(Cl)c1)c1ccccc1. The summed E-state index contributed by atoms with van der Waals surface area (Å²) in [6.45, 7) is 1.18. The summed E-state index contributed by atoms with van der Waals surface area (Å²) >= 11 is 6.10. The van der Waals surface area contributed by atoms with Crippen LogP contribution in [0.3, 0.4) is 0 Å². The van der Waals surface area contributed by atoms with Gasteiger partial charge in [-0.1, -0.05) is 54.4 Å². The number of halogens is 1. The molecule has 1 aliphatic heterocycles. The predicted molar refractivity (Wildman–Crippen MR) is 96.1 cm³/mol. The maximum Gasteiger partial charge on any atom is 0.125 e. The van der Waals surface area contributed by atoms with Crippen molar-refractivity contribution < 1.29 is 4.74 Å². The van der Waals surface area contributed by atoms with Gasteiger partial charge in [-0.25, -0.2) is 0 Å². The largest absolute Gasteiger partial charge is 0.486 e. The summed E-state index contributed by atoms with van der Waals surface area (Å²) in [5, 5.41) is 0.712. The Hall–Kier alpha value is -1.51. The fourth-order valence-corrected chi connectivity index (χ4v) is 3.49. The van der Waals surface area contributed by atoms with Crippen molar-refractivity contribution in [3.63, 3.8) is 0 Å². The van der Waals surface area contributed by atoms with Gasteiger partial charge in [-0.2, -0.15) is 0 Å². The van der Waals surface area contributed by atoms with Gasteiger partial charge in [-0.05, 0) is 50.2 Å². The lowest BCUT2D eigenvalue weighted by Crippen LogP contribution is -2.37. The first-order valence-corrected chi connectivity index (χ1v) is 8.77. The first-order chi connectivity index (χ1) is 11.2. The minimum atomic E-state index is 0.0558. The van der Waals surface area contributed by atoms with E-state index in [1.54, 1.807) is 0 Å². The van der Waals surface area contributed by atoms with Gasteiger partial charge < -0.3 is 9.64 Å². The van der Waals surface area contributed by atoms with Gasteiger partial charge in [-0.15, -0.1) is 0 Å². The molecule has 0 aromatic heterocycles. The zero-order chi connectivity index (χ0) is 16.1. The number of likely N-dealkylation sites (tertiary alicyclic amines) is 1. The monoisotopic (exact) mass is 329 g/mol. The summed E-state index contributed by atoms with van der Waals surface area (Å²) in [6.07, 6.45) is 4.93. The highest BCUT2D eigenvalue weighted by Gasteiger charge is 2.25. The Bertz CT molecular complexity index is 616. The molecule has 0 radical (unpaired) electrons. The average molecular weight is 330 g/mol. The minimum absolute atomic E-state index is 0.0558. The molecule has 3 rings (SSSR count). The first kappa shape index (κ1) is 16.4. The second-order valence-electron chi connectivity index (χ2n) is 6.34. The van der Waals surface area contributed by atoms with E-state index in [1.807, 2.05) is 30.3 Å². The van der Waals surface area contributed by atoms with E-state index in [-0.39, 0.29) is 6.10 Å². The van der Waals surface area contributed by atoms with Crippen LogP contribution >= 0.6 is 11.6 Å². The van der Waals surface area contributed by atoms with E-state index in [0.717, 1.165) is 12.2 Å². The summed E-state index contributed by atoms with van der Waals surface area (Å²) in [7, 11) is 2.23. The van der Waals surface area contributed by atoms with Gasteiger partial charge >= 0.3 is 0 Å². The van der Waals surface area contributed by atoms with Gasteiger partial charge in [0.1, 0.15) is 11.9 Å². The Morgan fingerprint density at radius 2 is 1.96 bits per heavy atom. The van der Waals surface area contributed by atoms with Gasteiger partial charge in [0, 0.05) is 17.5 Å². The van der Waals surface area contributed by atoms with Crippen LogP contribution in [0.2, 0.25) is 5.02 Å². The van der Waals surface area contributed by atoms with E-state index >= 15 is 0 Å². The molecule has 2 aromatic carbocycles. The molecule has 2 nitrogen and oxygen atoms in total. The van der Waals surface area contributed by atoms with Crippen LogP contribution in [0, 0.1) is 0 Å². The number of piperidine rings is 1. The molecule has 0 N–H and O–H groups in total. The Morgan fingerprint density at radius 1 is 1.13 bits per heavy atom. The van der Waals surface area contributed by atoms with Crippen molar-refractivity contribution in [2.75, 3.05) is 13.6 Å². The van der Waals surface area contributed by atoms with Crippen LogP contribution in [-0.2, 0) is 0 Å². The third kappa shape index (κ3) is 4.49. The molecule has 23 heavy (non-hydrogen) atoms. The zero-order valence-electron chi connectivity index (χ0n) is 13.6. The summed E-state index contributed by atoms with van der Waals surface area (Å²) < 4.78 is 6.32. The molecule has 0 bridgehead atoms. The number of benzene rings is 2. The third-order valence-electron chi connectivity index (χ3n) is 4.65. The molecule has 0 spiro atoms. The Morgan fingerprint density at radius 3 is 2.70 bits per heavy atom. The lowest BCUT2D eigenvalue weighted by atomic mass is 9.94. The van der Waals surface area contributed by atoms with Crippen LogP contribution in [-0.4, -0.2) is 24.5 Å². The number of hydrogen-bond acceptors (Lipinski definition) is 2. The van der Waals surface area contributed by atoms with Crippen LogP contribution in [0.15, 0.2) is 54.6 Å². The highest BCUT2D eigenvalue weighted by Crippen LogP contribution is 2.31. The average Bonchev–Trinajstić information content (AvgIpc) is 2.57. The molecule has 3 heteroatoms. The molecule has 0 saturated carbocycles. The zero-order valence-corrected chi connectivity index (χ0v) is 14.4. The maximum atomic E-state index is 6.32. The Balaban J connectivity index is 1.79. The molecule has 0 amide bonds. The normalized spacial score (nSPS) is 20.2. The van der Waals surface area contributed by atoms with E-state index < -0.39 is 0 Å². The van der Waals surface area contributed by atoms with E-state index in [1.165, 1.54) is 31.4 Å². The van der Waals surface area contributed by atoms with Crippen molar-refractivity contribution in [3.8, 4) is 5.75 Å². The Labute approximate surface area is 144 Å². The molecule has 2 aromatic rings. The Kier molecular flexibility index (Phi) is 5.58. The van der Waals surface area contributed by atoms with Gasteiger partial charge in [-0.3, -0.25) is 0 Å². The number of ether oxygens (including phenoxy) is 1. The quantitative estimate of drug-likeness (QED) is 0.734. The lowest BCUT2D eigenvalue weighted by molar-refractivity contribution is 0.109. The van der Waals surface area contributed by atoms with Gasteiger partial charge in [0.15, 0.2) is 0 Å². The van der Waals surface area contributed by atoms with Crippen LogP contribution in [0.1, 0.15) is 37.4 Å². The molecule has 1 heterocycles. The maximum absolute atomic E-state index is 6.32. The highest BCUT2D eigenvalue weighted by atomic mass is 35.5. The molecule has 1 saturated heterocycles. The van der Waals surface area contributed by atoms with Crippen molar-refractivity contribution in [2.24, 2.45) is 0 Å². The van der Waals surface area contributed by atoms with Crippen molar-refractivity contribution in [3.05, 3.63) is 65.2 Å². The third-order valence-corrected chi connectivity index (χ3v) is 4.89. The van der Waals surface area contributed by atoms with E-state index in [9.17, 15) is 0 Å². The number of rotatable bonds is 5. The van der Waals surface area contributed by atoms with Crippen LogP contribution in [0.4, 0.5) is 0 Å². The molecule has 0 aliphatic carbocycles. The van der Waals surface area contributed by atoms with Crippen molar-refractivity contribution in [1.29, 1.82) is 0 Å². The molecule has 2 unspecified atom stereocenters. The molecular formula is C20H24ClNO. The van der Waals surface area contributed by atoms with E-state index in [4.69, 9.17) is 16.3 Å². The first-order valence-electron chi connectivity index (χ1n) is 8.40. The lowest BCUT2D eigenvalue weighted by Gasteiger charge is -2.35. The van der Waals surface area contributed by atoms with Gasteiger partial charge in [0.2, 0.25) is 0 Å². The minimum Gasteiger partial charge on any atom is -0.486 e. The van der Waals surface area contributed by atoms with Gasteiger partial charge in [0.05, 0.1) is 0 Å². The van der Waals surface area contributed by atoms with Crippen molar-refractivity contribution >= 4 is 11.6 Å². The van der Waals surface area contributed by atoms with E-state index in [2.05, 4.69) is 36.2 Å². The fraction of sp³-hybridized carbons (Fsp3) is 0.400. The molecule has 122 valence electrons. The topological polar surface area (TPSA) is 12.5 Å². The second kappa shape index (κ2) is 7.85. The second-order valence-corrected chi connectivity index (χ2v) is 6.78. The predicted octanol–water partition coefficient (Wildman–Crippen LogP) is 5.33. The smallest absolute Gasteiger partial charge is 0.125 e. The van der Waals surface area contributed by atoms with Crippen LogP contribution in [0.5, 0.6) is 5.75 Å². The highest BCUT2D eigenvalue weighted by molar-refractivity contribution is 6.30. The number of nitrogens with zero attached hydrogens (tertiary/aromatic N) is 1. The summed E-state index contributed by atoms with van der Waals surface area (Å²) in [4.78, 5) is 2.47. The molecular weight excluding hydrogens is 306 g/mol. The standard InChI is InChI=1S/C20H24ClNO/c1-22-13-6-5-11-18(22)15-20(16-8-3-2-4-9-16)23-19-12-7-10-17(21)14-19/h2-4,7-10,12,14,18,20H,5-6,11,13,15H2,1H3. The molecule has 2 atom stereocenters. The van der Waals surface area contributed by atoms with E-state index in [0.29, 0.717) is 11.1 Å². The fourth-order valence-electron chi connectivity index (χ4n) is 3.31. The number of hydrogen-bond donors (Lipinski definition) is 0. The van der Waals surface area contributed by atoms with Crippen LogP contribution < -0.4 is 4.74 Å². The van der Waals surface area contributed by atoms with Crippen LogP contribution in [0.25, 0.3) is 0 Å². The summed E-state index contributed by atoms with van der Waals surface area (Å²) in [5.74, 6) is 0.838. The summed E-state index contributed by atoms with van der Waals surface area (Å²) in [5.41, 5.74) is 1.23. The molecule has 1 fully saturated rings.